The van der Waals surface area contributed by atoms with E-state index in [-0.39, 0.29) is 11.5 Å². The lowest BCUT2D eigenvalue weighted by Gasteiger charge is -2.00. The maximum absolute atomic E-state index is 9.66. The van der Waals surface area contributed by atoms with Crippen LogP contribution in [0.2, 0.25) is 0 Å². The molecule has 0 atom stereocenters. The van der Waals surface area contributed by atoms with E-state index in [0.29, 0.717) is 5.69 Å². The normalized spacial score (nSPS) is 10.9. The molecule has 0 saturated heterocycles. The van der Waals surface area contributed by atoms with Crippen LogP contribution in [-0.2, 0) is 0 Å². The molecule has 0 fully saturated rings. The van der Waals surface area contributed by atoms with E-state index in [0.717, 1.165) is 11.1 Å². The second kappa shape index (κ2) is 4.70. The van der Waals surface area contributed by atoms with Crippen molar-refractivity contribution in [3.05, 3.63) is 53.6 Å². The van der Waals surface area contributed by atoms with Crippen molar-refractivity contribution in [1.82, 2.24) is 0 Å². The summed E-state index contributed by atoms with van der Waals surface area (Å²) < 4.78 is 0. The fourth-order valence-corrected chi connectivity index (χ4v) is 1.49. The number of nitrogens with zero attached hydrogens (tertiary/aromatic N) is 1. The summed E-state index contributed by atoms with van der Waals surface area (Å²) in [6.45, 7) is 1.91. The number of phenols is 2. The van der Waals surface area contributed by atoms with Crippen LogP contribution >= 0.6 is 0 Å². The number of hydrogen-bond donors (Lipinski definition) is 2. The molecule has 0 spiro atoms. The largest absolute Gasteiger partial charge is 0.508 e. The highest BCUT2D eigenvalue weighted by molar-refractivity contribution is 5.83. The van der Waals surface area contributed by atoms with Crippen LogP contribution < -0.4 is 0 Å². The topological polar surface area (TPSA) is 52.8 Å². The van der Waals surface area contributed by atoms with Gasteiger partial charge in [-0.05, 0) is 42.3 Å². The van der Waals surface area contributed by atoms with Gasteiger partial charge in [-0.1, -0.05) is 18.2 Å². The van der Waals surface area contributed by atoms with Gasteiger partial charge in [0, 0.05) is 6.21 Å². The first-order valence-corrected chi connectivity index (χ1v) is 5.28. The molecule has 0 radical (unpaired) electrons. The van der Waals surface area contributed by atoms with Crippen LogP contribution in [0.3, 0.4) is 0 Å². The SMILES string of the molecule is Cc1ccc(N=Cc2cccc(O)c2)c(O)c1. The number of hydrogen-bond acceptors (Lipinski definition) is 3. The highest BCUT2D eigenvalue weighted by atomic mass is 16.3. The second-order valence-electron chi connectivity index (χ2n) is 3.85. The minimum absolute atomic E-state index is 0.154. The van der Waals surface area contributed by atoms with Crippen molar-refractivity contribution in [1.29, 1.82) is 0 Å². The minimum atomic E-state index is 0.154. The second-order valence-corrected chi connectivity index (χ2v) is 3.85. The molecule has 0 aliphatic rings. The minimum Gasteiger partial charge on any atom is -0.508 e. The summed E-state index contributed by atoms with van der Waals surface area (Å²) in [7, 11) is 0. The molecule has 2 aromatic rings. The summed E-state index contributed by atoms with van der Waals surface area (Å²) in [6.07, 6.45) is 1.60. The summed E-state index contributed by atoms with van der Waals surface area (Å²) in [6, 6.07) is 12.1. The third-order valence-corrected chi connectivity index (χ3v) is 2.35. The van der Waals surface area contributed by atoms with Gasteiger partial charge < -0.3 is 10.2 Å². The molecule has 0 aromatic heterocycles. The van der Waals surface area contributed by atoms with E-state index in [1.54, 1.807) is 36.5 Å². The van der Waals surface area contributed by atoms with Gasteiger partial charge in [-0.25, -0.2) is 0 Å². The number of aromatic hydroxyl groups is 2. The van der Waals surface area contributed by atoms with Crippen LogP contribution in [0, 0.1) is 6.92 Å². The fraction of sp³-hybridized carbons (Fsp3) is 0.0714. The van der Waals surface area contributed by atoms with Crippen molar-refractivity contribution in [3.8, 4) is 11.5 Å². The van der Waals surface area contributed by atoms with Crippen molar-refractivity contribution < 1.29 is 10.2 Å². The van der Waals surface area contributed by atoms with Gasteiger partial charge in [0.05, 0.1) is 0 Å². The first-order chi connectivity index (χ1) is 8.15. The maximum Gasteiger partial charge on any atom is 0.141 e. The first-order valence-electron chi connectivity index (χ1n) is 5.28. The lowest BCUT2D eigenvalue weighted by molar-refractivity contribution is 0.475. The zero-order valence-electron chi connectivity index (χ0n) is 9.46. The molecule has 2 N–H and O–H groups in total. The Labute approximate surface area is 99.7 Å². The van der Waals surface area contributed by atoms with Gasteiger partial charge in [-0.15, -0.1) is 0 Å². The van der Waals surface area contributed by atoms with Crippen molar-refractivity contribution in [2.45, 2.75) is 6.92 Å². The Morgan fingerprint density at radius 1 is 1.06 bits per heavy atom. The molecular weight excluding hydrogens is 214 g/mol. The van der Waals surface area contributed by atoms with E-state index in [1.807, 2.05) is 19.1 Å². The number of aliphatic imine (C=N–C) groups is 1. The molecule has 86 valence electrons. The average Bonchev–Trinajstić information content (AvgIpc) is 2.28. The predicted molar refractivity (Wildman–Crippen MR) is 68.2 cm³/mol. The Balaban J connectivity index is 2.26. The zero-order valence-corrected chi connectivity index (χ0v) is 9.46. The van der Waals surface area contributed by atoms with Crippen molar-refractivity contribution in [3.63, 3.8) is 0 Å². The summed E-state index contributed by atoms with van der Waals surface area (Å²) in [5.74, 6) is 0.350. The highest BCUT2D eigenvalue weighted by Gasteiger charge is 1.98. The number of rotatable bonds is 2. The zero-order chi connectivity index (χ0) is 12.3. The Bertz CT molecular complexity index is 562. The maximum atomic E-state index is 9.66. The third kappa shape index (κ3) is 2.84. The van der Waals surface area contributed by atoms with Gasteiger partial charge >= 0.3 is 0 Å². The molecule has 3 nitrogen and oxygen atoms in total. The van der Waals surface area contributed by atoms with Crippen LogP contribution in [0.15, 0.2) is 47.5 Å². The van der Waals surface area contributed by atoms with Crippen LogP contribution in [0.5, 0.6) is 11.5 Å². The fourth-order valence-electron chi connectivity index (χ4n) is 1.49. The average molecular weight is 227 g/mol. The van der Waals surface area contributed by atoms with Crippen molar-refractivity contribution in [2.75, 3.05) is 0 Å². The van der Waals surface area contributed by atoms with Gasteiger partial charge in [-0.2, -0.15) is 0 Å². The van der Waals surface area contributed by atoms with E-state index < -0.39 is 0 Å². The quantitative estimate of drug-likeness (QED) is 0.774. The number of aryl methyl sites for hydroxylation is 1. The summed E-state index contributed by atoms with van der Waals surface area (Å²) >= 11 is 0. The highest BCUT2D eigenvalue weighted by Crippen LogP contribution is 2.26. The van der Waals surface area contributed by atoms with Crippen molar-refractivity contribution >= 4 is 11.9 Å². The molecular formula is C14H13NO2. The van der Waals surface area contributed by atoms with E-state index in [2.05, 4.69) is 4.99 Å². The predicted octanol–water partition coefficient (Wildman–Crippen LogP) is 3.16. The van der Waals surface area contributed by atoms with E-state index in [4.69, 9.17) is 0 Å². The monoisotopic (exact) mass is 227 g/mol. The molecule has 17 heavy (non-hydrogen) atoms. The lowest BCUT2D eigenvalue weighted by atomic mass is 10.2. The molecule has 0 unspecified atom stereocenters. The van der Waals surface area contributed by atoms with Crippen molar-refractivity contribution in [2.24, 2.45) is 4.99 Å². The summed E-state index contributed by atoms with van der Waals surface area (Å²) in [5.41, 5.74) is 2.28. The number of benzene rings is 2. The van der Waals surface area contributed by atoms with Crippen LogP contribution in [-0.4, -0.2) is 16.4 Å². The molecule has 0 amide bonds. The lowest BCUT2D eigenvalue weighted by Crippen LogP contribution is -1.80. The Morgan fingerprint density at radius 2 is 1.88 bits per heavy atom. The van der Waals surface area contributed by atoms with Gasteiger partial charge in [0.2, 0.25) is 0 Å². The van der Waals surface area contributed by atoms with Crippen LogP contribution in [0.1, 0.15) is 11.1 Å². The molecule has 0 aliphatic heterocycles. The number of phenolic OH excluding ortho intramolecular Hbond substituents is 2. The summed E-state index contributed by atoms with van der Waals surface area (Å²) in [4.78, 5) is 4.17. The third-order valence-electron chi connectivity index (χ3n) is 2.35. The van der Waals surface area contributed by atoms with Crippen LogP contribution in [0.25, 0.3) is 0 Å². The van der Waals surface area contributed by atoms with Gasteiger partial charge in [0.25, 0.3) is 0 Å². The van der Waals surface area contributed by atoms with E-state index in [9.17, 15) is 10.2 Å². The standard InChI is InChI=1S/C14H13NO2/c1-10-5-6-13(14(17)7-10)15-9-11-3-2-4-12(16)8-11/h2-9,16-17H,1H3. The van der Waals surface area contributed by atoms with E-state index >= 15 is 0 Å². The smallest absolute Gasteiger partial charge is 0.141 e. The summed E-state index contributed by atoms with van der Waals surface area (Å²) in [5, 5.41) is 19.0. The molecule has 2 rings (SSSR count). The molecule has 2 aromatic carbocycles. The van der Waals surface area contributed by atoms with Gasteiger partial charge in [0.1, 0.15) is 17.2 Å². The molecule has 3 heteroatoms. The Kier molecular flexibility index (Phi) is 3.10. The Hall–Kier alpha value is -2.29. The molecule has 0 aliphatic carbocycles. The Morgan fingerprint density at radius 3 is 2.59 bits per heavy atom. The molecule has 0 heterocycles. The van der Waals surface area contributed by atoms with E-state index in [1.165, 1.54) is 0 Å². The van der Waals surface area contributed by atoms with Crippen LogP contribution in [0.4, 0.5) is 5.69 Å². The van der Waals surface area contributed by atoms with Gasteiger partial charge in [-0.3, -0.25) is 4.99 Å². The molecule has 0 saturated carbocycles. The first kappa shape index (κ1) is 11.2. The molecule has 0 bridgehead atoms. The van der Waals surface area contributed by atoms with Gasteiger partial charge in [0.15, 0.2) is 0 Å².